The fourth-order valence-electron chi connectivity index (χ4n) is 1.61. The van der Waals surface area contributed by atoms with Crippen LogP contribution in [0, 0.1) is 18.2 Å². The maximum Gasteiger partial charge on any atom is 0.134 e. The van der Waals surface area contributed by atoms with Crippen LogP contribution in [-0.4, -0.2) is 6.54 Å². The van der Waals surface area contributed by atoms with E-state index in [4.69, 9.17) is 10.8 Å². The number of terminal acetylenes is 1. The molecule has 0 bridgehead atoms. The van der Waals surface area contributed by atoms with Gasteiger partial charge >= 0.3 is 0 Å². The zero-order valence-corrected chi connectivity index (χ0v) is 9.95. The third-order valence-electron chi connectivity index (χ3n) is 2.54. The second kappa shape index (κ2) is 6.04. The van der Waals surface area contributed by atoms with Gasteiger partial charge in [0, 0.05) is 18.5 Å². The zero-order chi connectivity index (χ0) is 12.8. The lowest BCUT2D eigenvalue weighted by Crippen LogP contribution is -2.13. The molecule has 0 unspecified atom stereocenters. The molecular weight excluding hydrogens is 229 g/mol. The topological polar surface area (TPSA) is 25.2 Å². The van der Waals surface area contributed by atoms with Gasteiger partial charge in [0.05, 0.1) is 6.54 Å². The van der Waals surface area contributed by atoms with Gasteiger partial charge < -0.3 is 9.73 Å². The molecule has 0 atom stereocenters. The average Bonchev–Trinajstić information content (AvgIpc) is 2.84. The number of hydrogen-bond donors (Lipinski definition) is 1. The van der Waals surface area contributed by atoms with Gasteiger partial charge in [0.25, 0.3) is 0 Å². The summed E-state index contributed by atoms with van der Waals surface area (Å²) in [6.45, 7) is 1.41. The standard InChI is InChI=1S/C15H14FNO/c1-2-3-10-17-11-14-8-9-15(18-14)12-4-6-13(16)7-5-12/h1,4-9,17H,3,10-11H2. The maximum atomic E-state index is 12.8. The minimum Gasteiger partial charge on any atom is -0.460 e. The van der Waals surface area contributed by atoms with Crippen molar-refractivity contribution in [1.82, 2.24) is 5.32 Å². The van der Waals surface area contributed by atoms with Gasteiger partial charge in [0.1, 0.15) is 17.3 Å². The Kier molecular flexibility index (Phi) is 4.16. The minimum atomic E-state index is -0.249. The van der Waals surface area contributed by atoms with Crippen molar-refractivity contribution in [3.8, 4) is 23.7 Å². The van der Waals surface area contributed by atoms with Crippen LogP contribution < -0.4 is 5.32 Å². The van der Waals surface area contributed by atoms with E-state index in [1.165, 1.54) is 12.1 Å². The van der Waals surface area contributed by atoms with Crippen LogP contribution >= 0.6 is 0 Å². The van der Waals surface area contributed by atoms with Crippen molar-refractivity contribution in [2.75, 3.05) is 6.54 Å². The Bertz CT molecular complexity index is 536. The summed E-state index contributed by atoms with van der Waals surface area (Å²) < 4.78 is 18.4. The Labute approximate surface area is 106 Å². The molecule has 0 aliphatic carbocycles. The highest BCUT2D eigenvalue weighted by Crippen LogP contribution is 2.22. The van der Waals surface area contributed by atoms with Crippen LogP contribution in [0.2, 0.25) is 0 Å². The van der Waals surface area contributed by atoms with Crippen molar-refractivity contribution in [2.45, 2.75) is 13.0 Å². The van der Waals surface area contributed by atoms with E-state index >= 15 is 0 Å². The molecule has 0 spiro atoms. The number of rotatable bonds is 5. The first-order chi connectivity index (χ1) is 8.79. The predicted octanol–water partition coefficient (Wildman–Crippen LogP) is 3.20. The third-order valence-corrected chi connectivity index (χ3v) is 2.54. The first kappa shape index (κ1) is 12.4. The average molecular weight is 243 g/mol. The van der Waals surface area contributed by atoms with Gasteiger partial charge in [-0.3, -0.25) is 0 Å². The molecular formula is C15H14FNO. The van der Waals surface area contributed by atoms with Crippen molar-refractivity contribution >= 4 is 0 Å². The SMILES string of the molecule is C#CCCNCc1ccc(-c2ccc(F)cc2)o1. The van der Waals surface area contributed by atoms with Crippen molar-refractivity contribution in [3.05, 3.63) is 48.0 Å². The van der Waals surface area contributed by atoms with Crippen LogP contribution in [0.15, 0.2) is 40.8 Å². The summed E-state index contributed by atoms with van der Waals surface area (Å²) in [4.78, 5) is 0. The molecule has 18 heavy (non-hydrogen) atoms. The summed E-state index contributed by atoms with van der Waals surface area (Å²) in [7, 11) is 0. The Morgan fingerprint density at radius 1 is 1.17 bits per heavy atom. The van der Waals surface area contributed by atoms with Crippen LogP contribution in [-0.2, 0) is 6.54 Å². The number of nitrogens with one attached hydrogen (secondary N) is 1. The summed E-state index contributed by atoms with van der Waals surface area (Å²) in [5.41, 5.74) is 0.867. The van der Waals surface area contributed by atoms with Crippen LogP contribution in [0.5, 0.6) is 0 Å². The van der Waals surface area contributed by atoms with E-state index < -0.39 is 0 Å². The molecule has 1 aromatic heterocycles. The van der Waals surface area contributed by atoms with Gasteiger partial charge in [0.15, 0.2) is 0 Å². The zero-order valence-electron chi connectivity index (χ0n) is 9.95. The summed E-state index contributed by atoms with van der Waals surface area (Å²) in [6, 6.07) is 10.0. The normalized spacial score (nSPS) is 10.2. The van der Waals surface area contributed by atoms with Gasteiger partial charge in [-0.25, -0.2) is 4.39 Å². The molecule has 0 amide bonds. The number of benzene rings is 1. The molecule has 1 heterocycles. The van der Waals surface area contributed by atoms with Gasteiger partial charge in [-0.1, -0.05) is 0 Å². The summed E-state index contributed by atoms with van der Waals surface area (Å²) >= 11 is 0. The predicted molar refractivity (Wildman–Crippen MR) is 69.3 cm³/mol. The number of hydrogen-bond acceptors (Lipinski definition) is 2. The lowest BCUT2D eigenvalue weighted by molar-refractivity contribution is 0.496. The first-order valence-corrected chi connectivity index (χ1v) is 5.78. The maximum absolute atomic E-state index is 12.8. The summed E-state index contributed by atoms with van der Waals surface area (Å²) in [5, 5.41) is 3.18. The molecule has 0 radical (unpaired) electrons. The van der Waals surface area contributed by atoms with Gasteiger partial charge in [-0.15, -0.1) is 12.3 Å². The Hall–Kier alpha value is -2.05. The molecule has 0 aliphatic heterocycles. The molecule has 92 valence electrons. The van der Waals surface area contributed by atoms with Crippen LogP contribution in [0.3, 0.4) is 0 Å². The highest BCUT2D eigenvalue weighted by Gasteiger charge is 2.04. The quantitative estimate of drug-likeness (QED) is 0.644. The van der Waals surface area contributed by atoms with E-state index in [0.29, 0.717) is 13.0 Å². The van der Waals surface area contributed by atoms with Crippen molar-refractivity contribution in [2.24, 2.45) is 0 Å². The molecule has 1 aromatic carbocycles. The highest BCUT2D eigenvalue weighted by molar-refractivity contribution is 5.57. The van der Waals surface area contributed by atoms with Crippen LogP contribution in [0.25, 0.3) is 11.3 Å². The fourth-order valence-corrected chi connectivity index (χ4v) is 1.61. The summed E-state index contributed by atoms with van der Waals surface area (Å²) in [6.07, 6.45) is 5.86. The van der Waals surface area contributed by atoms with E-state index in [1.807, 2.05) is 12.1 Å². The molecule has 2 aromatic rings. The van der Waals surface area contributed by atoms with E-state index in [9.17, 15) is 4.39 Å². The Balaban J connectivity index is 1.97. The molecule has 3 heteroatoms. The molecule has 0 aliphatic rings. The smallest absolute Gasteiger partial charge is 0.134 e. The lowest BCUT2D eigenvalue weighted by Gasteiger charge is -1.99. The van der Waals surface area contributed by atoms with E-state index in [1.54, 1.807) is 12.1 Å². The molecule has 0 fully saturated rings. The van der Waals surface area contributed by atoms with Crippen LogP contribution in [0.1, 0.15) is 12.2 Å². The Morgan fingerprint density at radius 2 is 1.94 bits per heavy atom. The lowest BCUT2D eigenvalue weighted by atomic mass is 10.2. The third kappa shape index (κ3) is 3.22. The van der Waals surface area contributed by atoms with Crippen molar-refractivity contribution < 1.29 is 8.81 Å². The molecule has 2 nitrogen and oxygen atoms in total. The molecule has 0 saturated heterocycles. The number of furan rings is 1. The second-order valence-electron chi connectivity index (χ2n) is 3.90. The second-order valence-corrected chi connectivity index (χ2v) is 3.90. The van der Waals surface area contributed by atoms with Crippen molar-refractivity contribution in [1.29, 1.82) is 0 Å². The van der Waals surface area contributed by atoms with E-state index in [2.05, 4.69) is 11.2 Å². The van der Waals surface area contributed by atoms with E-state index in [0.717, 1.165) is 23.6 Å². The monoisotopic (exact) mass is 243 g/mol. The molecule has 1 N–H and O–H groups in total. The Morgan fingerprint density at radius 3 is 2.67 bits per heavy atom. The largest absolute Gasteiger partial charge is 0.460 e. The highest BCUT2D eigenvalue weighted by atomic mass is 19.1. The number of halogens is 1. The molecule has 2 rings (SSSR count). The van der Waals surface area contributed by atoms with Gasteiger partial charge in [-0.05, 0) is 36.4 Å². The summed E-state index contributed by atoms with van der Waals surface area (Å²) in [5.74, 6) is 3.89. The van der Waals surface area contributed by atoms with Gasteiger partial charge in [-0.2, -0.15) is 0 Å². The molecule has 0 saturated carbocycles. The minimum absolute atomic E-state index is 0.249. The van der Waals surface area contributed by atoms with Gasteiger partial charge in [0.2, 0.25) is 0 Å². The van der Waals surface area contributed by atoms with Crippen molar-refractivity contribution in [3.63, 3.8) is 0 Å². The van der Waals surface area contributed by atoms with Crippen LogP contribution in [0.4, 0.5) is 4.39 Å². The fraction of sp³-hybridized carbons (Fsp3) is 0.200. The first-order valence-electron chi connectivity index (χ1n) is 5.78. The van der Waals surface area contributed by atoms with E-state index in [-0.39, 0.29) is 5.82 Å².